The fourth-order valence-electron chi connectivity index (χ4n) is 4.01. The Hall–Kier alpha value is -3.22. The molecule has 0 amide bonds. The van der Waals surface area contributed by atoms with E-state index in [0.717, 1.165) is 39.1 Å². The Morgan fingerprint density at radius 1 is 0.839 bits per heavy atom. The average Bonchev–Trinajstić information content (AvgIpc) is 3.34. The summed E-state index contributed by atoms with van der Waals surface area (Å²) in [6.45, 7) is 0. The van der Waals surface area contributed by atoms with Crippen LogP contribution in [-0.4, -0.2) is 44.3 Å². The zero-order chi connectivity index (χ0) is 21.6. The molecule has 0 radical (unpaired) electrons. The molecule has 3 aromatic heterocycles. The molecule has 1 aliphatic rings. The van der Waals surface area contributed by atoms with Gasteiger partial charge in [-0.05, 0) is 23.8 Å². The van der Waals surface area contributed by atoms with Crippen LogP contribution in [0, 0.1) is 0 Å². The topological polar surface area (TPSA) is 75.5 Å². The zero-order valence-electron chi connectivity index (χ0n) is 18.7. The molecule has 0 atom stereocenters. The van der Waals surface area contributed by atoms with Crippen LogP contribution in [0.3, 0.4) is 0 Å². The first kappa shape index (κ1) is 21.0. The summed E-state index contributed by atoms with van der Waals surface area (Å²) in [6, 6.07) is 8.05. The number of aromatic amines is 1. The van der Waals surface area contributed by atoms with Crippen LogP contribution in [0.4, 0.5) is 5.82 Å². The molecule has 0 spiro atoms. The highest BCUT2D eigenvalue weighted by atomic mass is 15.2. The second kappa shape index (κ2) is 9.73. The van der Waals surface area contributed by atoms with E-state index in [1.54, 1.807) is 4.68 Å². The van der Waals surface area contributed by atoms with E-state index < -0.39 is 0 Å². The number of fused-ring (bicyclic) bond motifs is 1. The number of anilines is 1. The van der Waals surface area contributed by atoms with E-state index in [9.17, 15) is 0 Å². The van der Waals surface area contributed by atoms with Crippen molar-refractivity contribution in [1.29, 1.82) is 0 Å². The molecule has 0 unspecified atom stereocenters. The maximum Gasteiger partial charge on any atom is 0.150 e. The molecule has 5 rings (SSSR count). The van der Waals surface area contributed by atoms with E-state index in [1.807, 2.05) is 62.8 Å². The van der Waals surface area contributed by atoms with Crippen LogP contribution in [-0.2, 0) is 7.05 Å². The van der Waals surface area contributed by atoms with Crippen LogP contribution in [0.15, 0.2) is 42.9 Å². The molecule has 1 fully saturated rings. The molecule has 4 aromatic rings. The molecule has 1 N–H and O–H groups in total. The van der Waals surface area contributed by atoms with Crippen molar-refractivity contribution in [2.45, 2.75) is 44.9 Å². The number of nitrogens with one attached hydrogen (secondary N) is 1. The molecule has 1 saturated carbocycles. The van der Waals surface area contributed by atoms with Crippen molar-refractivity contribution in [2.75, 3.05) is 19.0 Å². The van der Waals surface area contributed by atoms with Crippen LogP contribution in [0.25, 0.3) is 33.3 Å². The van der Waals surface area contributed by atoms with Crippen LogP contribution in [0.1, 0.15) is 44.9 Å². The van der Waals surface area contributed by atoms with Gasteiger partial charge in [-0.2, -0.15) is 10.2 Å². The first-order chi connectivity index (χ1) is 15.1. The Bertz CT molecular complexity index is 1090. The molecule has 3 heterocycles. The minimum absolute atomic E-state index is 0.813. The van der Waals surface area contributed by atoms with E-state index in [2.05, 4.69) is 31.6 Å². The Kier molecular flexibility index (Phi) is 6.60. The third kappa shape index (κ3) is 4.93. The van der Waals surface area contributed by atoms with E-state index >= 15 is 0 Å². The first-order valence-corrected chi connectivity index (χ1v) is 11.1. The maximum atomic E-state index is 4.35. The summed E-state index contributed by atoms with van der Waals surface area (Å²) >= 11 is 0. The van der Waals surface area contributed by atoms with Crippen molar-refractivity contribution in [3.63, 3.8) is 0 Å². The third-order valence-corrected chi connectivity index (χ3v) is 5.77. The molecule has 31 heavy (non-hydrogen) atoms. The lowest BCUT2D eigenvalue weighted by Gasteiger charge is -2.11. The van der Waals surface area contributed by atoms with Crippen molar-refractivity contribution in [2.24, 2.45) is 7.05 Å². The largest absolute Gasteiger partial charge is 0.361 e. The van der Waals surface area contributed by atoms with Gasteiger partial charge in [-0.25, -0.2) is 0 Å². The first-order valence-electron chi connectivity index (χ1n) is 11.1. The van der Waals surface area contributed by atoms with E-state index in [0.29, 0.717) is 0 Å². The molecule has 7 nitrogen and oxygen atoms in total. The van der Waals surface area contributed by atoms with Crippen molar-refractivity contribution >= 4 is 16.7 Å². The van der Waals surface area contributed by atoms with Gasteiger partial charge in [-0.1, -0.05) is 51.0 Å². The molecule has 0 saturated heterocycles. The fraction of sp³-hybridized carbons (Fsp3) is 0.417. The smallest absolute Gasteiger partial charge is 0.150 e. The summed E-state index contributed by atoms with van der Waals surface area (Å²) in [5, 5.41) is 21.2. The van der Waals surface area contributed by atoms with Crippen LogP contribution in [0.5, 0.6) is 0 Å². The minimum Gasteiger partial charge on any atom is -0.361 e. The van der Waals surface area contributed by atoms with Crippen molar-refractivity contribution in [3.8, 4) is 22.4 Å². The van der Waals surface area contributed by atoms with Crippen molar-refractivity contribution in [3.05, 3.63) is 42.9 Å². The predicted octanol–water partition coefficient (Wildman–Crippen LogP) is 5.22. The number of benzene rings is 1. The standard InChI is InChI=1S/C17H17N7.C7H14/c1-23(2)16-7-6-15(20-21-16)13-5-4-12(11-8-19-24(3)10-11)14-9-18-22-17(13)14;1-2-4-6-7-5-3-1/h4-10H,1-3H3,(H,18,22);1-7H2. The normalized spacial score (nSPS) is 14.0. The van der Waals surface area contributed by atoms with Gasteiger partial charge in [-0.3, -0.25) is 9.78 Å². The van der Waals surface area contributed by atoms with Gasteiger partial charge in [0.2, 0.25) is 0 Å². The highest BCUT2D eigenvalue weighted by Gasteiger charge is 2.13. The molecule has 0 aliphatic heterocycles. The molecular weight excluding hydrogens is 386 g/mol. The Balaban J connectivity index is 0.000000282. The summed E-state index contributed by atoms with van der Waals surface area (Å²) in [5.41, 5.74) is 4.89. The highest BCUT2D eigenvalue weighted by Crippen LogP contribution is 2.33. The number of aromatic nitrogens is 6. The molecule has 0 bridgehead atoms. The summed E-state index contributed by atoms with van der Waals surface area (Å²) < 4.78 is 1.79. The van der Waals surface area contributed by atoms with Gasteiger partial charge < -0.3 is 4.90 Å². The third-order valence-electron chi connectivity index (χ3n) is 5.77. The summed E-state index contributed by atoms with van der Waals surface area (Å²) in [4.78, 5) is 1.92. The van der Waals surface area contributed by atoms with Gasteiger partial charge in [0.15, 0.2) is 5.82 Å². The maximum absolute atomic E-state index is 4.35. The number of aryl methyl sites for hydroxylation is 1. The van der Waals surface area contributed by atoms with Gasteiger partial charge in [-0.15, -0.1) is 10.2 Å². The quantitative estimate of drug-likeness (QED) is 0.463. The van der Waals surface area contributed by atoms with Gasteiger partial charge in [0.1, 0.15) is 0 Å². The fourth-order valence-corrected chi connectivity index (χ4v) is 4.01. The number of H-pyrrole nitrogens is 1. The lowest BCUT2D eigenvalue weighted by Crippen LogP contribution is -2.11. The molecular formula is C24H31N7. The molecule has 7 heteroatoms. The van der Waals surface area contributed by atoms with Gasteiger partial charge in [0, 0.05) is 43.9 Å². The summed E-state index contributed by atoms with van der Waals surface area (Å²) in [6.07, 6.45) is 16.2. The van der Waals surface area contributed by atoms with Crippen LogP contribution in [0.2, 0.25) is 0 Å². The Morgan fingerprint density at radius 2 is 1.52 bits per heavy atom. The second-order valence-corrected chi connectivity index (χ2v) is 8.37. The highest BCUT2D eigenvalue weighted by molar-refractivity contribution is 6.01. The minimum atomic E-state index is 0.813. The lowest BCUT2D eigenvalue weighted by atomic mass is 10.0. The van der Waals surface area contributed by atoms with Gasteiger partial charge >= 0.3 is 0 Å². The second-order valence-electron chi connectivity index (χ2n) is 8.37. The number of hydrogen-bond acceptors (Lipinski definition) is 5. The van der Waals surface area contributed by atoms with Crippen molar-refractivity contribution < 1.29 is 0 Å². The van der Waals surface area contributed by atoms with Gasteiger partial charge in [0.25, 0.3) is 0 Å². The van der Waals surface area contributed by atoms with E-state index in [1.165, 1.54) is 44.9 Å². The van der Waals surface area contributed by atoms with Gasteiger partial charge in [0.05, 0.1) is 23.6 Å². The van der Waals surface area contributed by atoms with Crippen LogP contribution >= 0.6 is 0 Å². The molecule has 1 aliphatic carbocycles. The van der Waals surface area contributed by atoms with E-state index in [-0.39, 0.29) is 0 Å². The number of nitrogens with zero attached hydrogens (tertiary/aromatic N) is 6. The number of hydrogen-bond donors (Lipinski definition) is 1. The van der Waals surface area contributed by atoms with Crippen molar-refractivity contribution in [1.82, 2.24) is 30.2 Å². The molecule has 1 aromatic carbocycles. The Morgan fingerprint density at radius 3 is 2.06 bits per heavy atom. The average molecular weight is 418 g/mol. The summed E-state index contributed by atoms with van der Waals surface area (Å²) in [7, 11) is 5.80. The van der Waals surface area contributed by atoms with E-state index in [4.69, 9.17) is 0 Å². The SMILES string of the molecule is C1CCCCCC1.CN(C)c1ccc(-c2ccc(-c3cnn(C)c3)c3cn[nH]c23)nn1. The zero-order valence-corrected chi connectivity index (χ0v) is 18.7. The molecule has 162 valence electrons. The summed E-state index contributed by atoms with van der Waals surface area (Å²) in [5.74, 6) is 0.826. The Labute approximate surface area is 183 Å². The van der Waals surface area contributed by atoms with Crippen LogP contribution < -0.4 is 4.90 Å². The number of rotatable bonds is 3. The lowest BCUT2D eigenvalue weighted by molar-refractivity contribution is 0.702. The predicted molar refractivity (Wildman–Crippen MR) is 126 cm³/mol. The monoisotopic (exact) mass is 417 g/mol.